The number of benzene rings is 1. The van der Waals surface area contributed by atoms with Crippen molar-refractivity contribution in [2.45, 2.75) is 19.1 Å². The maximum absolute atomic E-state index is 10.7. The summed E-state index contributed by atoms with van der Waals surface area (Å²) in [5, 5.41) is 23.0. The van der Waals surface area contributed by atoms with E-state index < -0.39 is 11.0 Å². The van der Waals surface area contributed by atoms with Crippen molar-refractivity contribution in [1.82, 2.24) is 4.90 Å². The van der Waals surface area contributed by atoms with Crippen molar-refractivity contribution in [2.24, 2.45) is 0 Å². The number of fused-ring (bicyclic) bond motifs is 1. The number of aliphatic hydroxyl groups excluding tert-OH is 1. The molecule has 0 bridgehead atoms. The fraction of sp³-hybridized carbons (Fsp3) is 0.375. The molecule has 1 aliphatic rings. The lowest BCUT2D eigenvalue weighted by molar-refractivity contribution is -0.384. The lowest BCUT2D eigenvalue weighted by atomic mass is 10.1. The maximum atomic E-state index is 10.7. The Morgan fingerprint density at radius 1 is 1.43 bits per heavy atom. The lowest BCUT2D eigenvalue weighted by Crippen LogP contribution is -2.38. The molecule has 1 atom stereocenters. The van der Waals surface area contributed by atoms with Crippen LogP contribution in [0.1, 0.15) is 10.4 Å². The zero-order chi connectivity index (χ0) is 16.2. The number of hydrogen-bond donors (Lipinski definition) is 1. The lowest BCUT2D eigenvalue weighted by Gasteiger charge is -2.28. The average molecular weight is 334 g/mol. The van der Waals surface area contributed by atoms with Crippen LogP contribution in [0, 0.1) is 10.1 Å². The normalized spacial score (nSPS) is 15.9. The van der Waals surface area contributed by atoms with Crippen LogP contribution in [0.4, 0.5) is 5.69 Å². The second kappa shape index (κ2) is 7.08. The Hall–Kier alpha value is -1.96. The van der Waals surface area contributed by atoms with Crippen molar-refractivity contribution >= 4 is 17.0 Å². The molecule has 2 aromatic rings. The molecule has 1 N–H and O–H groups in total. The molecular formula is C16H18N2O4S. The summed E-state index contributed by atoms with van der Waals surface area (Å²) >= 11 is 1.79. The second-order valence-electron chi connectivity index (χ2n) is 5.57. The molecule has 3 rings (SSSR count). The third-order valence-corrected chi connectivity index (χ3v) is 4.85. The highest BCUT2D eigenvalue weighted by Crippen LogP contribution is 2.24. The predicted molar refractivity (Wildman–Crippen MR) is 87.9 cm³/mol. The Bertz CT molecular complexity index is 688. The molecule has 23 heavy (non-hydrogen) atoms. The number of aliphatic hydroxyl groups is 1. The second-order valence-corrected chi connectivity index (χ2v) is 6.57. The van der Waals surface area contributed by atoms with Gasteiger partial charge in [-0.15, -0.1) is 11.3 Å². The fourth-order valence-corrected chi connectivity index (χ4v) is 3.58. The summed E-state index contributed by atoms with van der Waals surface area (Å²) in [6, 6.07) is 8.14. The number of nitro groups is 1. The third kappa shape index (κ3) is 4.07. The summed E-state index contributed by atoms with van der Waals surface area (Å²) in [4.78, 5) is 13.9. The van der Waals surface area contributed by atoms with Gasteiger partial charge >= 0.3 is 0 Å². The standard InChI is InChI=1S/C16H18N2O4S/c19-14(10-17-6-4-16-12(9-17)5-7-23-16)11-22-15-3-1-2-13(8-15)18(20)21/h1-3,5,7-8,14,19H,4,6,9-11H2. The molecular weight excluding hydrogens is 316 g/mol. The first-order valence-corrected chi connectivity index (χ1v) is 8.32. The predicted octanol–water partition coefficient (Wildman–Crippen LogP) is 2.45. The summed E-state index contributed by atoms with van der Waals surface area (Å²) in [5.41, 5.74) is 1.33. The molecule has 1 aliphatic heterocycles. The van der Waals surface area contributed by atoms with Crippen molar-refractivity contribution < 1.29 is 14.8 Å². The van der Waals surface area contributed by atoms with Crippen LogP contribution in [0.2, 0.25) is 0 Å². The van der Waals surface area contributed by atoms with Crippen LogP contribution in [0.25, 0.3) is 0 Å². The van der Waals surface area contributed by atoms with Gasteiger partial charge in [0, 0.05) is 30.6 Å². The summed E-state index contributed by atoms with van der Waals surface area (Å²) in [5.74, 6) is 0.400. The van der Waals surface area contributed by atoms with Gasteiger partial charge in [-0.25, -0.2) is 0 Å². The van der Waals surface area contributed by atoms with Gasteiger partial charge in [0.1, 0.15) is 18.5 Å². The number of rotatable bonds is 6. The zero-order valence-electron chi connectivity index (χ0n) is 12.6. The number of β-amino-alcohol motifs (C(OH)–C–C–N with tert-alkyl or cyclic N) is 1. The Morgan fingerprint density at radius 2 is 2.30 bits per heavy atom. The molecule has 122 valence electrons. The zero-order valence-corrected chi connectivity index (χ0v) is 13.4. The molecule has 1 aromatic heterocycles. The molecule has 0 saturated heterocycles. The van der Waals surface area contributed by atoms with Gasteiger partial charge in [-0.3, -0.25) is 15.0 Å². The van der Waals surface area contributed by atoms with E-state index in [2.05, 4.69) is 16.3 Å². The Balaban J connectivity index is 1.49. The number of non-ortho nitro benzene ring substituents is 1. The van der Waals surface area contributed by atoms with E-state index >= 15 is 0 Å². The van der Waals surface area contributed by atoms with Gasteiger partial charge in [0.05, 0.1) is 11.0 Å². The van der Waals surface area contributed by atoms with E-state index in [-0.39, 0.29) is 12.3 Å². The van der Waals surface area contributed by atoms with Gasteiger partial charge < -0.3 is 9.84 Å². The number of nitro benzene ring substituents is 1. The molecule has 0 saturated carbocycles. The van der Waals surface area contributed by atoms with Crippen molar-refractivity contribution in [1.29, 1.82) is 0 Å². The summed E-state index contributed by atoms with van der Waals surface area (Å²) in [7, 11) is 0. The van der Waals surface area contributed by atoms with E-state index in [9.17, 15) is 15.2 Å². The maximum Gasteiger partial charge on any atom is 0.273 e. The van der Waals surface area contributed by atoms with Crippen molar-refractivity contribution in [3.8, 4) is 5.75 Å². The first-order chi connectivity index (χ1) is 11.1. The van der Waals surface area contributed by atoms with Crippen molar-refractivity contribution in [3.63, 3.8) is 0 Å². The van der Waals surface area contributed by atoms with Gasteiger partial charge in [0.25, 0.3) is 5.69 Å². The minimum Gasteiger partial charge on any atom is -0.491 e. The number of nitrogens with zero attached hydrogens (tertiary/aromatic N) is 2. The highest BCUT2D eigenvalue weighted by Gasteiger charge is 2.19. The van der Waals surface area contributed by atoms with Crippen molar-refractivity contribution in [3.05, 3.63) is 56.3 Å². The van der Waals surface area contributed by atoms with Gasteiger partial charge in [-0.1, -0.05) is 6.07 Å². The van der Waals surface area contributed by atoms with Gasteiger partial charge in [0.2, 0.25) is 0 Å². The van der Waals surface area contributed by atoms with E-state index in [1.807, 2.05) is 0 Å². The molecule has 0 fully saturated rings. The van der Waals surface area contributed by atoms with E-state index in [0.29, 0.717) is 12.3 Å². The van der Waals surface area contributed by atoms with E-state index in [4.69, 9.17) is 4.74 Å². The summed E-state index contributed by atoms with van der Waals surface area (Å²) in [6.07, 6.45) is 0.389. The molecule has 1 aromatic carbocycles. The molecule has 0 amide bonds. The summed E-state index contributed by atoms with van der Waals surface area (Å²) in [6.45, 7) is 2.44. The molecule has 1 unspecified atom stereocenters. The third-order valence-electron chi connectivity index (χ3n) is 3.83. The number of ether oxygens (including phenoxy) is 1. The minimum atomic E-state index is -0.630. The number of thiophene rings is 1. The van der Waals surface area contributed by atoms with Gasteiger partial charge in [-0.2, -0.15) is 0 Å². The van der Waals surface area contributed by atoms with Gasteiger partial charge in [-0.05, 0) is 29.5 Å². The quantitative estimate of drug-likeness (QED) is 0.649. The van der Waals surface area contributed by atoms with Crippen LogP contribution < -0.4 is 4.74 Å². The first-order valence-electron chi connectivity index (χ1n) is 7.45. The Kier molecular flexibility index (Phi) is 4.90. The van der Waals surface area contributed by atoms with Crippen LogP contribution in [0.3, 0.4) is 0 Å². The van der Waals surface area contributed by atoms with Crippen LogP contribution in [-0.4, -0.2) is 40.7 Å². The van der Waals surface area contributed by atoms with Crippen LogP contribution in [-0.2, 0) is 13.0 Å². The molecule has 2 heterocycles. The number of hydrogen-bond acceptors (Lipinski definition) is 6. The molecule has 0 spiro atoms. The fourth-order valence-electron chi connectivity index (χ4n) is 2.69. The average Bonchev–Trinajstić information content (AvgIpc) is 3.01. The largest absolute Gasteiger partial charge is 0.491 e. The van der Waals surface area contributed by atoms with E-state index in [1.54, 1.807) is 23.5 Å². The minimum absolute atomic E-state index is 0.0157. The molecule has 7 heteroatoms. The van der Waals surface area contributed by atoms with Crippen LogP contribution >= 0.6 is 11.3 Å². The summed E-state index contributed by atoms with van der Waals surface area (Å²) < 4.78 is 5.48. The highest BCUT2D eigenvalue weighted by molar-refractivity contribution is 7.10. The van der Waals surface area contributed by atoms with E-state index in [1.165, 1.54) is 22.6 Å². The smallest absolute Gasteiger partial charge is 0.273 e. The Morgan fingerprint density at radius 3 is 3.13 bits per heavy atom. The van der Waals surface area contributed by atoms with E-state index in [0.717, 1.165) is 19.5 Å². The molecule has 0 aliphatic carbocycles. The topological polar surface area (TPSA) is 75.8 Å². The Labute approximate surface area is 138 Å². The van der Waals surface area contributed by atoms with Gasteiger partial charge in [0.15, 0.2) is 0 Å². The van der Waals surface area contributed by atoms with Crippen molar-refractivity contribution in [2.75, 3.05) is 19.7 Å². The molecule has 6 nitrogen and oxygen atoms in total. The monoisotopic (exact) mass is 334 g/mol. The SMILES string of the molecule is O=[N+]([O-])c1cccc(OCC(O)CN2CCc3sccc3C2)c1. The van der Waals surface area contributed by atoms with Crippen LogP contribution in [0.5, 0.6) is 5.75 Å². The highest BCUT2D eigenvalue weighted by atomic mass is 32.1. The molecule has 0 radical (unpaired) electrons. The first kappa shape index (κ1) is 15.9. The van der Waals surface area contributed by atoms with Crippen LogP contribution in [0.15, 0.2) is 35.7 Å².